The van der Waals surface area contributed by atoms with Crippen molar-refractivity contribution in [2.75, 3.05) is 11.6 Å². The van der Waals surface area contributed by atoms with Gasteiger partial charge in [-0.2, -0.15) is 11.8 Å². The van der Waals surface area contributed by atoms with Crippen molar-refractivity contribution in [3.05, 3.63) is 35.4 Å². The number of hydrogen-bond acceptors (Lipinski definition) is 1. The molecular weight excluding hydrogens is 214 g/mol. The summed E-state index contributed by atoms with van der Waals surface area (Å²) in [5, 5.41) is 0. The third-order valence-electron chi connectivity index (χ3n) is 1.49. The first-order valence-corrected chi connectivity index (χ1v) is 5.50. The monoisotopic (exact) mass is 222 g/mol. The number of alkyl halides is 1. The molecule has 0 amide bonds. The van der Waals surface area contributed by atoms with Crippen LogP contribution in [0.5, 0.6) is 0 Å². The molecule has 0 N–H and O–H groups in total. The van der Waals surface area contributed by atoms with Crippen molar-refractivity contribution in [1.82, 2.24) is 0 Å². The molecule has 0 nitrogen and oxygen atoms in total. The summed E-state index contributed by atoms with van der Waals surface area (Å²) in [6.45, 7) is 0. The zero-order valence-corrected chi connectivity index (χ0v) is 8.47. The average molecular weight is 223 g/mol. The smallest absolute Gasteiger partial charge is 0.130 e. The molecule has 0 aliphatic rings. The lowest BCUT2D eigenvalue weighted by Crippen LogP contribution is -1.90. The summed E-state index contributed by atoms with van der Waals surface area (Å²) in [7, 11) is 0. The van der Waals surface area contributed by atoms with Gasteiger partial charge >= 0.3 is 0 Å². The molecule has 13 heavy (non-hydrogen) atoms. The van der Waals surface area contributed by atoms with Crippen LogP contribution in [0, 0.1) is 11.6 Å². The van der Waals surface area contributed by atoms with Crippen LogP contribution in [0.1, 0.15) is 5.56 Å². The highest BCUT2D eigenvalue weighted by atomic mass is 35.5. The number of hydrogen-bond donors (Lipinski definition) is 0. The molecule has 0 aliphatic carbocycles. The molecule has 1 aromatic carbocycles. The number of benzene rings is 1. The fourth-order valence-corrected chi connectivity index (χ4v) is 1.91. The van der Waals surface area contributed by atoms with Crippen LogP contribution in [-0.2, 0) is 5.75 Å². The van der Waals surface area contributed by atoms with E-state index in [4.69, 9.17) is 11.6 Å². The zero-order valence-electron chi connectivity index (χ0n) is 6.90. The van der Waals surface area contributed by atoms with E-state index in [0.717, 1.165) is 11.8 Å². The molecule has 4 heteroatoms. The topological polar surface area (TPSA) is 0 Å². The summed E-state index contributed by atoms with van der Waals surface area (Å²) in [4.78, 5) is 0. The molecular formula is C9H9ClF2S. The predicted octanol–water partition coefficient (Wildman–Crippen LogP) is 3.44. The van der Waals surface area contributed by atoms with Crippen LogP contribution in [0.15, 0.2) is 18.2 Å². The van der Waals surface area contributed by atoms with E-state index in [-0.39, 0.29) is 0 Å². The number of halogens is 3. The van der Waals surface area contributed by atoms with Crippen molar-refractivity contribution >= 4 is 23.4 Å². The van der Waals surface area contributed by atoms with Gasteiger partial charge in [0.15, 0.2) is 0 Å². The summed E-state index contributed by atoms with van der Waals surface area (Å²) in [5.41, 5.74) is 0.525. The second-order valence-electron chi connectivity index (χ2n) is 2.48. The van der Waals surface area contributed by atoms with Gasteiger partial charge in [0.1, 0.15) is 11.6 Å². The van der Waals surface area contributed by atoms with E-state index in [2.05, 4.69) is 0 Å². The first-order valence-electron chi connectivity index (χ1n) is 3.81. The third kappa shape index (κ3) is 3.53. The molecule has 0 radical (unpaired) electrons. The Balaban J connectivity index is 2.56. The van der Waals surface area contributed by atoms with Crippen molar-refractivity contribution in [3.8, 4) is 0 Å². The Labute approximate surface area is 85.3 Å². The van der Waals surface area contributed by atoms with Gasteiger partial charge in [0.2, 0.25) is 0 Å². The van der Waals surface area contributed by atoms with E-state index < -0.39 is 11.6 Å². The molecule has 0 aliphatic heterocycles. The molecule has 0 saturated carbocycles. The highest BCUT2D eigenvalue weighted by Crippen LogP contribution is 2.16. The van der Waals surface area contributed by atoms with E-state index in [1.807, 2.05) is 0 Å². The normalized spacial score (nSPS) is 10.4. The lowest BCUT2D eigenvalue weighted by atomic mass is 10.2. The fraction of sp³-hybridized carbons (Fsp3) is 0.333. The minimum Gasteiger partial charge on any atom is -0.207 e. The SMILES string of the molecule is Fc1ccc(CSCCCl)c(F)c1. The average Bonchev–Trinajstić information content (AvgIpc) is 2.09. The second-order valence-corrected chi connectivity index (χ2v) is 3.96. The second kappa shape index (κ2) is 5.45. The summed E-state index contributed by atoms with van der Waals surface area (Å²) in [5.74, 6) is 0.843. The van der Waals surface area contributed by atoms with Crippen LogP contribution in [0.4, 0.5) is 8.78 Å². The summed E-state index contributed by atoms with van der Waals surface area (Å²) in [6, 6.07) is 3.63. The highest BCUT2D eigenvalue weighted by molar-refractivity contribution is 7.98. The Morgan fingerprint density at radius 3 is 2.69 bits per heavy atom. The van der Waals surface area contributed by atoms with E-state index in [1.165, 1.54) is 23.9 Å². The minimum absolute atomic E-state index is 0.484. The molecule has 0 aromatic heterocycles. The molecule has 0 fully saturated rings. The molecule has 0 unspecified atom stereocenters. The Hall–Kier alpha value is -0.280. The minimum atomic E-state index is -0.538. The molecule has 0 spiro atoms. The predicted molar refractivity (Wildman–Crippen MR) is 53.2 cm³/mol. The number of thioether (sulfide) groups is 1. The van der Waals surface area contributed by atoms with E-state index in [9.17, 15) is 8.78 Å². The van der Waals surface area contributed by atoms with Gasteiger partial charge in [-0.05, 0) is 11.6 Å². The van der Waals surface area contributed by atoms with Gasteiger partial charge < -0.3 is 0 Å². The quantitative estimate of drug-likeness (QED) is 0.556. The first kappa shape index (κ1) is 10.8. The maximum atomic E-state index is 13.0. The van der Waals surface area contributed by atoms with Crippen molar-refractivity contribution in [2.45, 2.75) is 5.75 Å². The molecule has 0 bridgehead atoms. The van der Waals surface area contributed by atoms with Crippen LogP contribution in [0.2, 0.25) is 0 Å². The first-order chi connectivity index (χ1) is 6.24. The van der Waals surface area contributed by atoms with Crippen LogP contribution >= 0.6 is 23.4 Å². The third-order valence-corrected chi connectivity index (χ3v) is 2.92. The molecule has 1 rings (SSSR count). The standard InChI is InChI=1S/C9H9ClF2S/c10-3-4-13-6-7-1-2-8(11)5-9(7)12/h1-2,5H,3-4,6H2. The van der Waals surface area contributed by atoms with E-state index >= 15 is 0 Å². The van der Waals surface area contributed by atoms with Crippen molar-refractivity contribution in [3.63, 3.8) is 0 Å². The lowest BCUT2D eigenvalue weighted by molar-refractivity contribution is 0.576. The number of rotatable bonds is 4. The summed E-state index contributed by atoms with van der Waals surface area (Å²) >= 11 is 6.99. The molecule has 0 saturated heterocycles. The lowest BCUT2D eigenvalue weighted by Gasteiger charge is -2.01. The van der Waals surface area contributed by atoms with Crippen LogP contribution in [0.3, 0.4) is 0 Å². The summed E-state index contributed by atoms with van der Waals surface area (Å²) < 4.78 is 25.5. The van der Waals surface area contributed by atoms with Crippen LogP contribution < -0.4 is 0 Å². The van der Waals surface area contributed by atoms with Crippen LogP contribution in [0.25, 0.3) is 0 Å². The van der Waals surface area contributed by atoms with Crippen molar-refractivity contribution < 1.29 is 8.78 Å². The molecule has 0 heterocycles. The van der Waals surface area contributed by atoms with Gasteiger partial charge in [-0.15, -0.1) is 11.6 Å². The molecule has 0 atom stereocenters. The maximum absolute atomic E-state index is 13.0. The van der Waals surface area contributed by atoms with Gasteiger partial charge in [0.05, 0.1) is 0 Å². The maximum Gasteiger partial charge on any atom is 0.130 e. The van der Waals surface area contributed by atoms with Crippen molar-refractivity contribution in [2.24, 2.45) is 0 Å². The molecule has 72 valence electrons. The van der Waals surface area contributed by atoms with E-state index in [1.54, 1.807) is 0 Å². The van der Waals surface area contributed by atoms with Gasteiger partial charge in [0.25, 0.3) is 0 Å². The van der Waals surface area contributed by atoms with Gasteiger partial charge in [0, 0.05) is 23.5 Å². The Kier molecular flexibility index (Phi) is 4.53. The largest absolute Gasteiger partial charge is 0.207 e. The Bertz CT molecular complexity index is 278. The fourth-order valence-electron chi connectivity index (χ4n) is 0.875. The Morgan fingerprint density at radius 2 is 2.08 bits per heavy atom. The van der Waals surface area contributed by atoms with Gasteiger partial charge in [-0.25, -0.2) is 8.78 Å². The zero-order chi connectivity index (χ0) is 9.68. The summed E-state index contributed by atoms with van der Waals surface area (Å²) in [6.07, 6.45) is 0. The van der Waals surface area contributed by atoms with Gasteiger partial charge in [-0.1, -0.05) is 6.07 Å². The molecule has 1 aromatic rings. The van der Waals surface area contributed by atoms with Crippen molar-refractivity contribution in [1.29, 1.82) is 0 Å². The van der Waals surface area contributed by atoms with Crippen LogP contribution in [-0.4, -0.2) is 11.6 Å². The Morgan fingerprint density at radius 1 is 1.31 bits per heavy atom. The van der Waals surface area contributed by atoms with E-state index in [0.29, 0.717) is 17.2 Å². The van der Waals surface area contributed by atoms with Gasteiger partial charge in [-0.3, -0.25) is 0 Å². The highest BCUT2D eigenvalue weighted by Gasteiger charge is 2.02.